The molecule has 2 unspecified atom stereocenters. The molecule has 7 nitrogen and oxygen atoms in total. The number of alkyl halides is 2. The Balaban J connectivity index is 3.10. The second-order valence-electron chi connectivity index (χ2n) is 9.52. The van der Waals surface area contributed by atoms with Gasteiger partial charge < -0.3 is 16.0 Å². The average molecular weight is 496 g/mol. The van der Waals surface area contributed by atoms with Crippen molar-refractivity contribution in [1.82, 2.24) is 16.0 Å². The molecule has 1 aromatic rings. The summed E-state index contributed by atoms with van der Waals surface area (Å²) in [6.07, 6.45) is -2.45. The smallest absolute Gasteiger partial charge is 0.243 e. The first-order valence-electron chi connectivity index (χ1n) is 12.1. The van der Waals surface area contributed by atoms with E-state index in [2.05, 4.69) is 16.0 Å². The fraction of sp³-hybridized carbons (Fsp3) is 0.615. The van der Waals surface area contributed by atoms with Crippen LogP contribution in [-0.2, 0) is 25.6 Å². The Hall–Kier alpha value is -2.68. The normalized spacial score (nSPS) is 14.8. The molecular formula is C26H39F2N3O4. The molecule has 0 radical (unpaired) electrons. The fourth-order valence-electron chi connectivity index (χ4n) is 3.67. The molecule has 1 aromatic carbocycles. The van der Waals surface area contributed by atoms with Crippen LogP contribution in [-0.4, -0.2) is 54.0 Å². The van der Waals surface area contributed by atoms with Gasteiger partial charge in [0.15, 0.2) is 5.78 Å². The molecule has 0 saturated heterocycles. The molecule has 1 rings (SSSR count). The summed E-state index contributed by atoms with van der Waals surface area (Å²) in [7, 11) is 0. The number of amides is 2. The maximum absolute atomic E-state index is 13.3. The number of halogens is 2. The van der Waals surface area contributed by atoms with Crippen molar-refractivity contribution in [2.75, 3.05) is 0 Å². The highest BCUT2D eigenvalue weighted by molar-refractivity contribution is 6.38. The van der Waals surface area contributed by atoms with Crippen LogP contribution >= 0.6 is 0 Å². The molecule has 0 aliphatic carbocycles. The first-order chi connectivity index (χ1) is 16.3. The Kier molecular flexibility index (Phi) is 12.7. The van der Waals surface area contributed by atoms with E-state index in [0.717, 1.165) is 24.5 Å². The zero-order valence-corrected chi connectivity index (χ0v) is 21.5. The van der Waals surface area contributed by atoms with Gasteiger partial charge in [0, 0.05) is 19.4 Å². The highest BCUT2D eigenvalue weighted by atomic mass is 19.3. The lowest BCUT2D eigenvalue weighted by atomic mass is 9.99. The third kappa shape index (κ3) is 11.1. The number of aryl methyl sites for hydroxylation is 1. The first-order valence-corrected chi connectivity index (χ1v) is 12.1. The maximum atomic E-state index is 13.3. The number of hydrogen-bond donors (Lipinski definition) is 3. The summed E-state index contributed by atoms with van der Waals surface area (Å²) in [5, 5.41) is 8.30. The Bertz CT molecular complexity index is 876. The summed E-state index contributed by atoms with van der Waals surface area (Å²) in [6, 6.07) is 4.48. The van der Waals surface area contributed by atoms with Crippen LogP contribution in [0.1, 0.15) is 65.0 Å². The Morgan fingerprint density at radius 1 is 0.914 bits per heavy atom. The summed E-state index contributed by atoms with van der Waals surface area (Å²) in [5.74, 6) is -3.21. The van der Waals surface area contributed by atoms with Crippen molar-refractivity contribution in [3.63, 3.8) is 0 Å². The van der Waals surface area contributed by atoms with Crippen molar-refractivity contribution < 1.29 is 28.0 Å². The van der Waals surface area contributed by atoms with Gasteiger partial charge in [-0.15, -0.1) is 0 Å². The number of rotatable bonds is 15. The molecule has 9 heteroatoms. The lowest BCUT2D eigenvalue weighted by Crippen LogP contribution is -2.57. The average Bonchev–Trinajstić information content (AvgIpc) is 2.76. The third-order valence-electron chi connectivity index (χ3n) is 5.67. The van der Waals surface area contributed by atoms with Crippen molar-refractivity contribution in [1.29, 1.82) is 0 Å². The molecule has 0 fully saturated rings. The standard InChI is InChI=1S/C26H39F2N3O4/c1-7-17(5)29-22(13-19-10-8-9-16(4)12-19)26(35)31-21(11-15(2)3)25(34)30-20(14-23(27)28)24(33)18(6)32/h8-10,12,15,17,20-23,29H,7,11,13-14H2,1-6H3,(H,30,34)(H,31,35)/t17?,20?,21-,22-/m0/s1. The highest BCUT2D eigenvalue weighted by Crippen LogP contribution is 2.12. The zero-order chi connectivity index (χ0) is 26.7. The minimum atomic E-state index is -2.89. The van der Waals surface area contributed by atoms with Gasteiger partial charge in [-0.25, -0.2) is 8.78 Å². The van der Waals surface area contributed by atoms with Crippen LogP contribution in [0.25, 0.3) is 0 Å². The van der Waals surface area contributed by atoms with Crippen LogP contribution in [0, 0.1) is 12.8 Å². The number of hydrogen-bond acceptors (Lipinski definition) is 5. The molecule has 0 saturated carbocycles. The maximum Gasteiger partial charge on any atom is 0.243 e. The fourth-order valence-corrected chi connectivity index (χ4v) is 3.67. The summed E-state index contributed by atoms with van der Waals surface area (Å²) >= 11 is 0. The number of nitrogens with one attached hydrogen (secondary N) is 3. The minimum absolute atomic E-state index is 0.0131. The second kappa shape index (κ2) is 14.7. The van der Waals surface area contributed by atoms with Gasteiger partial charge in [-0.05, 0) is 44.6 Å². The predicted molar refractivity (Wildman–Crippen MR) is 131 cm³/mol. The molecule has 2 amide bonds. The topological polar surface area (TPSA) is 104 Å². The summed E-state index contributed by atoms with van der Waals surface area (Å²) < 4.78 is 26.0. The SMILES string of the molecule is CCC(C)N[C@@H](Cc1cccc(C)c1)C(=O)N[C@@H](CC(C)C)C(=O)NC(CC(F)F)C(=O)C(C)=O. The molecule has 0 heterocycles. The molecule has 0 aliphatic rings. The van der Waals surface area contributed by atoms with E-state index in [-0.39, 0.29) is 18.4 Å². The Morgan fingerprint density at radius 3 is 2.03 bits per heavy atom. The van der Waals surface area contributed by atoms with E-state index in [4.69, 9.17) is 0 Å². The number of carbonyl (C=O) groups is 4. The van der Waals surface area contributed by atoms with E-state index >= 15 is 0 Å². The quantitative estimate of drug-likeness (QED) is 0.324. The van der Waals surface area contributed by atoms with Crippen LogP contribution in [0.3, 0.4) is 0 Å². The lowest BCUT2D eigenvalue weighted by Gasteiger charge is -2.27. The van der Waals surface area contributed by atoms with Crippen molar-refractivity contribution in [3.8, 4) is 0 Å². The molecule has 196 valence electrons. The van der Waals surface area contributed by atoms with Crippen LogP contribution in [0.4, 0.5) is 8.78 Å². The second-order valence-corrected chi connectivity index (χ2v) is 9.52. The van der Waals surface area contributed by atoms with Gasteiger partial charge in [-0.1, -0.05) is 50.6 Å². The van der Waals surface area contributed by atoms with Crippen LogP contribution in [0.15, 0.2) is 24.3 Å². The van der Waals surface area contributed by atoms with Gasteiger partial charge in [0.25, 0.3) is 0 Å². The molecule has 0 aliphatic heterocycles. The van der Waals surface area contributed by atoms with E-state index in [9.17, 15) is 28.0 Å². The van der Waals surface area contributed by atoms with Gasteiger partial charge in [-0.2, -0.15) is 0 Å². The monoisotopic (exact) mass is 495 g/mol. The largest absolute Gasteiger partial charge is 0.344 e. The number of Topliss-reactive ketones (excluding diaryl/α,β-unsaturated/α-hetero) is 2. The van der Waals surface area contributed by atoms with Crippen LogP contribution in [0.5, 0.6) is 0 Å². The van der Waals surface area contributed by atoms with Crippen molar-refractivity contribution >= 4 is 23.4 Å². The summed E-state index contributed by atoms with van der Waals surface area (Å²) in [6.45, 7) is 10.6. The van der Waals surface area contributed by atoms with Gasteiger partial charge in [-0.3, -0.25) is 19.2 Å². The van der Waals surface area contributed by atoms with Gasteiger partial charge in [0.2, 0.25) is 24.0 Å². The highest BCUT2D eigenvalue weighted by Gasteiger charge is 2.32. The molecule has 3 N–H and O–H groups in total. The van der Waals surface area contributed by atoms with E-state index in [1.807, 2.05) is 58.9 Å². The Morgan fingerprint density at radius 2 is 1.51 bits per heavy atom. The first kappa shape index (κ1) is 30.4. The molecular weight excluding hydrogens is 456 g/mol. The number of benzene rings is 1. The van der Waals surface area contributed by atoms with Gasteiger partial charge in [0.05, 0.1) is 6.04 Å². The molecule has 35 heavy (non-hydrogen) atoms. The van der Waals surface area contributed by atoms with Crippen molar-refractivity contribution in [2.24, 2.45) is 5.92 Å². The van der Waals surface area contributed by atoms with E-state index < -0.39 is 54.4 Å². The van der Waals surface area contributed by atoms with E-state index in [0.29, 0.717) is 6.42 Å². The third-order valence-corrected chi connectivity index (χ3v) is 5.67. The zero-order valence-electron chi connectivity index (χ0n) is 21.5. The molecule has 0 bridgehead atoms. The van der Waals surface area contributed by atoms with Crippen LogP contribution < -0.4 is 16.0 Å². The van der Waals surface area contributed by atoms with Crippen molar-refractivity contribution in [3.05, 3.63) is 35.4 Å². The number of carbonyl (C=O) groups excluding carboxylic acids is 4. The molecule has 0 spiro atoms. The number of ketones is 2. The van der Waals surface area contributed by atoms with Gasteiger partial charge >= 0.3 is 0 Å². The lowest BCUT2D eigenvalue weighted by molar-refractivity contribution is -0.139. The molecule has 4 atom stereocenters. The van der Waals surface area contributed by atoms with E-state index in [1.165, 1.54) is 0 Å². The predicted octanol–water partition coefficient (Wildman–Crippen LogP) is 3.12. The summed E-state index contributed by atoms with van der Waals surface area (Å²) in [4.78, 5) is 49.8. The van der Waals surface area contributed by atoms with Crippen LogP contribution in [0.2, 0.25) is 0 Å². The minimum Gasteiger partial charge on any atom is -0.344 e. The summed E-state index contributed by atoms with van der Waals surface area (Å²) in [5.41, 5.74) is 2.01. The van der Waals surface area contributed by atoms with E-state index in [1.54, 1.807) is 0 Å². The van der Waals surface area contributed by atoms with Crippen molar-refractivity contribution in [2.45, 2.75) is 97.8 Å². The van der Waals surface area contributed by atoms with Gasteiger partial charge in [0.1, 0.15) is 12.1 Å². The molecule has 0 aromatic heterocycles. The Labute approximate surface area is 206 Å².